The van der Waals surface area contributed by atoms with E-state index in [9.17, 15) is 8.42 Å². The van der Waals surface area contributed by atoms with Gasteiger partial charge in [0.1, 0.15) is 0 Å². The third-order valence-electron chi connectivity index (χ3n) is 2.65. The van der Waals surface area contributed by atoms with Gasteiger partial charge in [-0.05, 0) is 18.6 Å². The van der Waals surface area contributed by atoms with Crippen LogP contribution in [-0.4, -0.2) is 21.0 Å². The molecule has 0 saturated heterocycles. The molecule has 0 aromatic heterocycles. The van der Waals surface area contributed by atoms with Gasteiger partial charge in [-0.1, -0.05) is 18.2 Å². The van der Waals surface area contributed by atoms with Gasteiger partial charge in [-0.3, -0.25) is 4.31 Å². The molecule has 1 atom stereocenters. The molecule has 88 valence electrons. The van der Waals surface area contributed by atoms with E-state index in [0.29, 0.717) is 18.8 Å². The maximum atomic E-state index is 11.5. The van der Waals surface area contributed by atoms with Gasteiger partial charge < -0.3 is 5.32 Å². The Bertz CT molecular complexity index is 487. The minimum atomic E-state index is -3.70. The van der Waals surface area contributed by atoms with Crippen LogP contribution in [0.1, 0.15) is 12.5 Å². The topological polar surface area (TPSA) is 75.4 Å². The molecule has 1 aromatic carbocycles. The fraction of sp³-hybridized carbons (Fsp3) is 0.400. The summed E-state index contributed by atoms with van der Waals surface area (Å²) in [5.41, 5.74) is 1.61. The van der Waals surface area contributed by atoms with Gasteiger partial charge in [0, 0.05) is 12.6 Å². The predicted octanol–water partition coefficient (Wildman–Crippen LogP) is 0.188. The van der Waals surface area contributed by atoms with E-state index in [1.165, 1.54) is 4.31 Å². The molecular formula is C10H15N3O2S. The summed E-state index contributed by atoms with van der Waals surface area (Å²) in [6.07, 6.45) is 0. The maximum absolute atomic E-state index is 11.5. The van der Waals surface area contributed by atoms with Crippen molar-refractivity contribution in [2.45, 2.75) is 19.5 Å². The van der Waals surface area contributed by atoms with Crippen molar-refractivity contribution >= 4 is 15.9 Å². The van der Waals surface area contributed by atoms with Crippen molar-refractivity contribution in [2.24, 2.45) is 5.14 Å². The molecule has 0 saturated carbocycles. The Labute approximate surface area is 95.4 Å². The number of nitrogens with zero attached hydrogens (tertiary/aromatic N) is 1. The first kappa shape index (κ1) is 11.4. The van der Waals surface area contributed by atoms with Crippen molar-refractivity contribution in [1.82, 2.24) is 5.32 Å². The van der Waals surface area contributed by atoms with Crippen LogP contribution >= 0.6 is 0 Å². The SMILES string of the molecule is CC1CN(S(N)(=O)=O)c2ccccc2CN1. The van der Waals surface area contributed by atoms with Crippen molar-refractivity contribution in [2.75, 3.05) is 10.8 Å². The van der Waals surface area contributed by atoms with Crippen LogP contribution < -0.4 is 14.8 Å². The number of hydrogen-bond acceptors (Lipinski definition) is 3. The highest BCUT2D eigenvalue weighted by Crippen LogP contribution is 2.24. The highest BCUT2D eigenvalue weighted by Gasteiger charge is 2.25. The van der Waals surface area contributed by atoms with E-state index in [1.54, 1.807) is 6.07 Å². The highest BCUT2D eigenvalue weighted by molar-refractivity contribution is 7.90. The number of benzene rings is 1. The number of hydrogen-bond donors (Lipinski definition) is 2. The monoisotopic (exact) mass is 241 g/mol. The van der Waals surface area contributed by atoms with E-state index in [1.807, 2.05) is 25.1 Å². The molecule has 0 aliphatic carbocycles. The summed E-state index contributed by atoms with van der Waals surface area (Å²) in [4.78, 5) is 0. The predicted molar refractivity (Wildman–Crippen MR) is 63.2 cm³/mol. The summed E-state index contributed by atoms with van der Waals surface area (Å²) in [5.74, 6) is 0. The molecule has 16 heavy (non-hydrogen) atoms. The number of fused-ring (bicyclic) bond motifs is 1. The first-order valence-electron chi connectivity index (χ1n) is 5.10. The molecule has 0 radical (unpaired) electrons. The van der Waals surface area contributed by atoms with E-state index in [4.69, 9.17) is 5.14 Å². The van der Waals surface area contributed by atoms with Crippen LogP contribution in [0.25, 0.3) is 0 Å². The number of para-hydroxylation sites is 1. The van der Waals surface area contributed by atoms with Crippen molar-refractivity contribution in [3.05, 3.63) is 29.8 Å². The summed E-state index contributed by atoms with van der Waals surface area (Å²) in [5, 5.41) is 8.47. The Morgan fingerprint density at radius 1 is 1.44 bits per heavy atom. The van der Waals surface area contributed by atoms with Crippen molar-refractivity contribution in [1.29, 1.82) is 0 Å². The first-order valence-corrected chi connectivity index (χ1v) is 6.60. The Morgan fingerprint density at radius 2 is 2.12 bits per heavy atom. The van der Waals surface area contributed by atoms with Gasteiger partial charge in [0.15, 0.2) is 0 Å². The fourth-order valence-electron chi connectivity index (χ4n) is 1.84. The third-order valence-corrected chi connectivity index (χ3v) is 3.61. The standard InChI is InChI=1S/C10H15N3O2S/c1-8-7-13(16(11,14)15)10-5-3-2-4-9(10)6-12-8/h2-5,8,12H,6-7H2,1H3,(H2,11,14,15). The molecule has 3 N–H and O–H groups in total. The Kier molecular flexibility index (Phi) is 2.88. The number of nitrogens with one attached hydrogen (secondary N) is 1. The van der Waals surface area contributed by atoms with Gasteiger partial charge >= 0.3 is 0 Å². The van der Waals surface area contributed by atoms with Gasteiger partial charge in [-0.2, -0.15) is 8.42 Å². The molecule has 0 spiro atoms. The largest absolute Gasteiger partial charge is 0.308 e. The second-order valence-corrected chi connectivity index (χ2v) is 5.46. The lowest BCUT2D eigenvalue weighted by atomic mass is 10.2. The molecule has 1 unspecified atom stereocenters. The van der Waals surface area contributed by atoms with E-state index in [-0.39, 0.29) is 6.04 Å². The average molecular weight is 241 g/mol. The zero-order valence-corrected chi connectivity index (χ0v) is 9.87. The molecule has 1 heterocycles. The molecule has 6 heteroatoms. The summed E-state index contributed by atoms with van der Waals surface area (Å²) >= 11 is 0. The molecule has 0 amide bonds. The summed E-state index contributed by atoms with van der Waals surface area (Å²) in [7, 11) is -3.70. The van der Waals surface area contributed by atoms with Crippen LogP contribution in [0, 0.1) is 0 Å². The normalized spacial score (nSPS) is 21.4. The van der Waals surface area contributed by atoms with Gasteiger partial charge in [0.25, 0.3) is 10.2 Å². The summed E-state index contributed by atoms with van der Waals surface area (Å²) in [6.45, 7) is 2.95. The number of anilines is 1. The van der Waals surface area contributed by atoms with Crippen LogP contribution in [0.3, 0.4) is 0 Å². The van der Waals surface area contributed by atoms with E-state index in [0.717, 1.165) is 5.56 Å². The van der Waals surface area contributed by atoms with Gasteiger partial charge in [-0.25, -0.2) is 5.14 Å². The minimum Gasteiger partial charge on any atom is -0.308 e. The first-order chi connectivity index (χ1) is 7.48. The molecule has 5 nitrogen and oxygen atoms in total. The van der Waals surface area contributed by atoms with E-state index in [2.05, 4.69) is 5.32 Å². The zero-order chi connectivity index (χ0) is 11.8. The Balaban J connectivity index is 2.51. The fourth-order valence-corrected chi connectivity index (χ4v) is 2.72. The lowest BCUT2D eigenvalue weighted by molar-refractivity contribution is 0.556. The van der Waals surface area contributed by atoms with Crippen molar-refractivity contribution < 1.29 is 8.42 Å². The molecular weight excluding hydrogens is 226 g/mol. The van der Waals surface area contributed by atoms with Crippen LogP contribution in [0.2, 0.25) is 0 Å². The molecule has 0 fully saturated rings. The summed E-state index contributed by atoms with van der Waals surface area (Å²) in [6, 6.07) is 7.45. The second-order valence-electron chi connectivity index (χ2n) is 3.99. The second kappa shape index (κ2) is 4.04. The van der Waals surface area contributed by atoms with Crippen molar-refractivity contribution in [3.63, 3.8) is 0 Å². The minimum absolute atomic E-state index is 0.0747. The van der Waals surface area contributed by atoms with Crippen LogP contribution in [-0.2, 0) is 16.8 Å². The van der Waals surface area contributed by atoms with E-state index < -0.39 is 10.2 Å². The van der Waals surface area contributed by atoms with Gasteiger partial charge in [-0.15, -0.1) is 0 Å². The lowest BCUT2D eigenvalue weighted by Crippen LogP contribution is -2.43. The van der Waals surface area contributed by atoms with Crippen LogP contribution in [0.4, 0.5) is 5.69 Å². The Hall–Kier alpha value is -1.11. The molecule has 1 aromatic rings. The van der Waals surface area contributed by atoms with Gasteiger partial charge in [0.2, 0.25) is 0 Å². The summed E-state index contributed by atoms with van der Waals surface area (Å²) < 4.78 is 24.3. The number of rotatable bonds is 1. The quantitative estimate of drug-likeness (QED) is 0.737. The number of nitrogens with two attached hydrogens (primary N) is 1. The highest BCUT2D eigenvalue weighted by atomic mass is 32.2. The maximum Gasteiger partial charge on any atom is 0.299 e. The molecule has 0 bridgehead atoms. The van der Waals surface area contributed by atoms with Gasteiger partial charge in [0.05, 0.1) is 12.2 Å². The zero-order valence-electron chi connectivity index (χ0n) is 9.05. The third kappa shape index (κ3) is 2.18. The molecule has 2 rings (SSSR count). The smallest absolute Gasteiger partial charge is 0.299 e. The van der Waals surface area contributed by atoms with Crippen LogP contribution in [0.5, 0.6) is 0 Å². The average Bonchev–Trinajstić information content (AvgIpc) is 2.38. The Morgan fingerprint density at radius 3 is 2.81 bits per heavy atom. The van der Waals surface area contributed by atoms with E-state index >= 15 is 0 Å². The molecule has 1 aliphatic rings. The lowest BCUT2D eigenvalue weighted by Gasteiger charge is -2.23. The van der Waals surface area contributed by atoms with Crippen molar-refractivity contribution in [3.8, 4) is 0 Å². The van der Waals surface area contributed by atoms with Crippen LogP contribution in [0.15, 0.2) is 24.3 Å². The molecule has 1 aliphatic heterocycles.